The lowest BCUT2D eigenvalue weighted by molar-refractivity contribution is -0.147. The molecule has 15 heavy (non-hydrogen) atoms. The van der Waals surface area contributed by atoms with Crippen LogP contribution in [0.2, 0.25) is 0 Å². The molecule has 1 unspecified atom stereocenters. The van der Waals surface area contributed by atoms with Gasteiger partial charge in [-0.05, 0) is 32.9 Å². The maximum Gasteiger partial charge on any atom is 0.308 e. The molecule has 0 aromatic rings. The molecule has 0 aliphatic carbocycles. The van der Waals surface area contributed by atoms with Crippen LogP contribution in [0.5, 0.6) is 0 Å². The summed E-state index contributed by atoms with van der Waals surface area (Å²) in [6.07, 6.45) is 2.08. The Morgan fingerprint density at radius 1 is 1.40 bits per heavy atom. The maximum absolute atomic E-state index is 11.3. The van der Waals surface area contributed by atoms with Gasteiger partial charge >= 0.3 is 5.97 Å². The van der Waals surface area contributed by atoms with Crippen molar-refractivity contribution in [1.82, 2.24) is 4.90 Å². The van der Waals surface area contributed by atoms with Crippen molar-refractivity contribution in [3.05, 3.63) is 0 Å². The van der Waals surface area contributed by atoms with Gasteiger partial charge in [0.25, 0.3) is 0 Å². The minimum Gasteiger partial charge on any atom is -0.469 e. The van der Waals surface area contributed by atoms with Gasteiger partial charge in [-0.2, -0.15) is 0 Å². The summed E-state index contributed by atoms with van der Waals surface area (Å²) in [5.41, 5.74) is 0. The van der Waals surface area contributed by atoms with Crippen LogP contribution in [0.1, 0.15) is 19.8 Å². The fraction of sp³-hybridized carbons (Fsp3) is 0.909. The third kappa shape index (κ3) is 3.80. The van der Waals surface area contributed by atoms with E-state index in [1.807, 2.05) is 0 Å². The highest BCUT2D eigenvalue weighted by molar-refractivity contribution is 5.72. The molecular formula is C11H21NO3. The normalized spacial score (nSPS) is 21.3. The number of carbonyl (C=O) groups excluding carboxylic acids is 1. The summed E-state index contributed by atoms with van der Waals surface area (Å²) in [4.78, 5) is 13.6. The molecule has 1 saturated heterocycles. The molecule has 0 aromatic heterocycles. The van der Waals surface area contributed by atoms with Crippen LogP contribution in [0.3, 0.4) is 0 Å². The molecule has 1 heterocycles. The molecule has 1 aliphatic rings. The fourth-order valence-electron chi connectivity index (χ4n) is 1.96. The fourth-order valence-corrected chi connectivity index (χ4v) is 1.96. The second-order valence-corrected chi connectivity index (χ2v) is 4.14. The van der Waals surface area contributed by atoms with Crippen molar-refractivity contribution in [3.8, 4) is 0 Å². The van der Waals surface area contributed by atoms with E-state index in [4.69, 9.17) is 9.47 Å². The first-order valence-electron chi connectivity index (χ1n) is 5.50. The number of ether oxygens (including phenoxy) is 2. The van der Waals surface area contributed by atoms with E-state index in [0.717, 1.165) is 32.5 Å². The molecule has 1 rings (SSSR count). The van der Waals surface area contributed by atoms with Crippen molar-refractivity contribution in [2.45, 2.75) is 25.9 Å². The van der Waals surface area contributed by atoms with E-state index in [9.17, 15) is 4.79 Å². The molecule has 0 N–H and O–H groups in total. The molecular weight excluding hydrogens is 194 g/mol. The molecule has 1 aliphatic heterocycles. The van der Waals surface area contributed by atoms with Crippen LogP contribution in [0.4, 0.5) is 0 Å². The van der Waals surface area contributed by atoms with E-state index in [0.29, 0.717) is 0 Å². The first-order chi connectivity index (χ1) is 7.17. The van der Waals surface area contributed by atoms with Gasteiger partial charge in [-0.1, -0.05) is 0 Å². The summed E-state index contributed by atoms with van der Waals surface area (Å²) in [5.74, 6) is 0.0403. The van der Waals surface area contributed by atoms with Crippen LogP contribution in [0.25, 0.3) is 0 Å². The number of methoxy groups -OCH3 is 2. The van der Waals surface area contributed by atoms with Crippen LogP contribution in [-0.4, -0.2) is 50.8 Å². The predicted octanol–water partition coefficient (Wildman–Crippen LogP) is 0.906. The van der Waals surface area contributed by atoms with Gasteiger partial charge in [0.15, 0.2) is 0 Å². The van der Waals surface area contributed by atoms with E-state index in [-0.39, 0.29) is 18.0 Å². The first-order valence-corrected chi connectivity index (χ1v) is 5.50. The smallest absolute Gasteiger partial charge is 0.308 e. The van der Waals surface area contributed by atoms with Gasteiger partial charge in [-0.15, -0.1) is 0 Å². The quantitative estimate of drug-likeness (QED) is 0.653. The third-order valence-corrected chi connectivity index (χ3v) is 3.04. The molecule has 0 saturated carbocycles. The number of hydrogen-bond acceptors (Lipinski definition) is 4. The average molecular weight is 215 g/mol. The molecule has 1 fully saturated rings. The summed E-state index contributed by atoms with van der Waals surface area (Å²) in [6.45, 7) is 4.94. The van der Waals surface area contributed by atoms with Crippen molar-refractivity contribution in [1.29, 1.82) is 0 Å². The lowest BCUT2D eigenvalue weighted by Gasteiger charge is -2.31. The SMILES string of the molecule is COC(=O)C1CCN(CC(C)OC)CC1. The molecule has 0 amide bonds. The number of hydrogen-bond donors (Lipinski definition) is 0. The summed E-state index contributed by atoms with van der Waals surface area (Å²) in [5, 5.41) is 0. The van der Waals surface area contributed by atoms with Gasteiger partial charge in [0.2, 0.25) is 0 Å². The van der Waals surface area contributed by atoms with Gasteiger partial charge in [-0.25, -0.2) is 0 Å². The molecule has 0 spiro atoms. The lowest BCUT2D eigenvalue weighted by Crippen LogP contribution is -2.40. The zero-order chi connectivity index (χ0) is 11.3. The topological polar surface area (TPSA) is 38.8 Å². The number of rotatable bonds is 4. The Morgan fingerprint density at radius 3 is 2.47 bits per heavy atom. The molecule has 0 bridgehead atoms. The van der Waals surface area contributed by atoms with Crippen LogP contribution >= 0.6 is 0 Å². The number of piperidine rings is 1. The van der Waals surface area contributed by atoms with E-state index in [1.165, 1.54) is 7.11 Å². The second-order valence-electron chi connectivity index (χ2n) is 4.14. The monoisotopic (exact) mass is 215 g/mol. The number of likely N-dealkylation sites (tertiary alicyclic amines) is 1. The van der Waals surface area contributed by atoms with Crippen LogP contribution in [-0.2, 0) is 14.3 Å². The predicted molar refractivity (Wildman–Crippen MR) is 57.7 cm³/mol. The van der Waals surface area contributed by atoms with E-state index >= 15 is 0 Å². The van der Waals surface area contributed by atoms with Gasteiger partial charge in [0.05, 0.1) is 19.1 Å². The molecule has 88 valence electrons. The third-order valence-electron chi connectivity index (χ3n) is 3.04. The van der Waals surface area contributed by atoms with Gasteiger partial charge in [0.1, 0.15) is 0 Å². The number of carbonyl (C=O) groups is 1. The van der Waals surface area contributed by atoms with Crippen molar-refractivity contribution in [2.75, 3.05) is 33.9 Å². The molecule has 4 heteroatoms. The number of nitrogens with zero attached hydrogens (tertiary/aromatic N) is 1. The Balaban J connectivity index is 2.26. The van der Waals surface area contributed by atoms with E-state index in [2.05, 4.69) is 11.8 Å². The van der Waals surface area contributed by atoms with E-state index in [1.54, 1.807) is 7.11 Å². The first kappa shape index (κ1) is 12.5. The molecule has 0 radical (unpaired) electrons. The second kappa shape index (κ2) is 6.08. The largest absolute Gasteiger partial charge is 0.469 e. The minimum absolute atomic E-state index is 0.0607. The molecule has 1 atom stereocenters. The highest BCUT2D eigenvalue weighted by Gasteiger charge is 2.25. The Kier molecular flexibility index (Phi) is 5.05. The van der Waals surface area contributed by atoms with E-state index < -0.39 is 0 Å². The van der Waals surface area contributed by atoms with Gasteiger partial charge in [-0.3, -0.25) is 4.79 Å². The Morgan fingerprint density at radius 2 is 2.00 bits per heavy atom. The van der Waals surface area contributed by atoms with Crippen LogP contribution < -0.4 is 0 Å². The average Bonchev–Trinajstić information content (AvgIpc) is 2.29. The maximum atomic E-state index is 11.3. The zero-order valence-corrected chi connectivity index (χ0v) is 9.86. The van der Waals surface area contributed by atoms with Crippen molar-refractivity contribution >= 4 is 5.97 Å². The summed E-state index contributed by atoms with van der Waals surface area (Å²) in [7, 11) is 3.19. The van der Waals surface area contributed by atoms with Crippen molar-refractivity contribution in [3.63, 3.8) is 0 Å². The zero-order valence-electron chi connectivity index (χ0n) is 9.86. The minimum atomic E-state index is -0.0607. The highest BCUT2D eigenvalue weighted by Crippen LogP contribution is 2.18. The standard InChI is InChI=1S/C11H21NO3/c1-9(14-2)8-12-6-4-10(5-7-12)11(13)15-3/h9-10H,4-8H2,1-3H3. The highest BCUT2D eigenvalue weighted by atomic mass is 16.5. The Bertz CT molecular complexity index is 200. The van der Waals surface area contributed by atoms with Crippen molar-refractivity contribution < 1.29 is 14.3 Å². The van der Waals surface area contributed by atoms with Gasteiger partial charge < -0.3 is 14.4 Å². The van der Waals surface area contributed by atoms with Crippen LogP contribution in [0.15, 0.2) is 0 Å². The Labute approximate surface area is 91.5 Å². The summed E-state index contributed by atoms with van der Waals surface area (Å²) in [6, 6.07) is 0. The summed E-state index contributed by atoms with van der Waals surface area (Å²) >= 11 is 0. The van der Waals surface area contributed by atoms with Crippen LogP contribution in [0, 0.1) is 5.92 Å². The molecule has 0 aromatic carbocycles. The van der Waals surface area contributed by atoms with Gasteiger partial charge in [0, 0.05) is 13.7 Å². The lowest BCUT2D eigenvalue weighted by atomic mass is 9.97. The molecule has 4 nitrogen and oxygen atoms in total. The summed E-state index contributed by atoms with van der Waals surface area (Å²) < 4.78 is 9.96. The Hall–Kier alpha value is -0.610. The number of esters is 1. The van der Waals surface area contributed by atoms with Crippen molar-refractivity contribution in [2.24, 2.45) is 5.92 Å².